The van der Waals surface area contributed by atoms with Gasteiger partial charge in [-0.25, -0.2) is 0 Å². The van der Waals surface area contributed by atoms with E-state index in [-0.39, 0.29) is 5.91 Å². The van der Waals surface area contributed by atoms with Crippen LogP contribution in [0.1, 0.15) is 6.92 Å². The molecule has 0 spiro atoms. The highest BCUT2D eigenvalue weighted by atomic mass is 35.5. The Balaban J connectivity index is 0.000000277. The highest BCUT2D eigenvalue weighted by Gasteiger charge is 2.04. The molecule has 0 aromatic heterocycles. The van der Waals surface area contributed by atoms with E-state index in [0.717, 1.165) is 24.5 Å². The molecule has 4 nitrogen and oxygen atoms in total. The van der Waals surface area contributed by atoms with Crippen LogP contribution in [-0.2, 0) is 4.79 Å². The van der Waals surface area contributed by atoms with Gasteiger partial charge in [-0.2, -0.15) is 0 Å². The number of benzene rings is 2. The summed E-state index contributed by atoms with van der Waals surface area (Å²) in [5, 5.41) is 7.11. The number of amides is 1. The molecule has 0 saturated carbocycles. The van der Waals surface area contributed by atoms with Gasteiger partial charge in [0.25, 0.3) is 0 Å². The number of hydrogen-bond acceptors (Lipinski definition) is 3. The number of nitrogens with one attached hydrogen (secondary N) is 2. The predicted molar refractivity (Wildman–Crippen MR) is 103 cm³/mol. The van der Waals surface area contributed by atoms with E-state index in [1.807, 2.05) is 55.4 Å². The first-order valence-electron chi connectivity index (χ1n) is 7.55. The van der Waals surface area contributed by atoms with Gasteiger partial charge in [0.15, 0.2) is 0 Å². The quantitative estimate of drug-likeness (QED) is 0.821. The summed E-state index contributed by atoms with van der Waals surface area (Å²) in [6.07, 6.45) is 0. The van der Waals surface area contributed by atoms with E-state index in [2.05, 4.69) is 10.6 Å². The third-order valence-corrected chi connectivity index (χ3v) is 3.57. The summed E-state index contributed by atoms with van der Waals surface area (Å²) in [5.41, 5.74) is 1.71. The molecule has 0 fully saturated rings. The Labute approximate surface area is 153 Å². The maximum atomic E-state index is 10.3. The molecule has 0 bridgehead atoms. The van der Waals surface area contributed by atoms with Crippen LogP contribution in [0.5, 0.6) is 0 Å². The first-order chi connectivity index (χ1) is 11.4. The predicted octanol–water partition coefficient (Wildman–Crippen LogP) is 4.42. The first kappa shape index (κ1) is 20.3. The molecule has 0 aliphatic heterocycles. The number of likely N-dealkylation sites (N-methyl/N-ethyl adjacent to an activating group) is 1. The molecule has 2 N–H and O–H groups in total. The Morgan fingerprint density at radius 3 is 2.08 bits per heavy atom. The second-order valence-electron chi connectivity index (χ2n) is 5.37. The van der Waals surface area contributed by atoms with E-state index < -0.39 is 0 Å². The lowest BCUT2D eigenvalue weighted by molar-refractivity contribution is -0.118. The van der Waals surface area contributed by atoms with Crippen molar-refractivity contribution in [3.63, 3.8) is 0 Å². The van der Waals surface area contributed by atoms with E-state index >= 15 is 0 Å². The van der Waals surface area contributed by atoms with Crippen LogP contribution in [0.3, 0.4) is 0 Å². The topological polar surface area (TPSA) is 44.4 Å². The average molecular weight is 368 g/mol. The number of halogens is 2. The molecule has 130 valence electrons. The average Bonchev–Trinajstić information content (AvgIpc) is 2.52. The normalized spacial score (nSPS) is 9.92. The third-order valence-electron chi connectivity index (χ3n) is 2.94. The van der Waals surface area contributed by atoms with Crippen molar-refractivity contribution < 1.29 is 4.79 Å². The SMILES string of the molecule is CC(=O)NCCN(C)C.Clc1cccc(Cl)c1Nc1ccccc1. The van der Waals surface area contributed by atoms with Gasteiger partial charge in [-0.1, -0.05) is 47.5 Å². The zero-order chi connectivity index (χ0) is 17.9. The number of carbonyl (C=O) groups is 1. The maximum Gasteiger partial charge on any atom is 0.216 e. The Bertz CT molecular complexity index is 613. The minimum absolute atomic E-state index is 0.0388. The van der Waals surface area contributed by atoms with Gasteiger partial charge >= 0.3 is 0 Å². The fourth-order valence-corrected chi connectivity index (χ4v) is 2.23. The van der Waals surface area contributed by atoms with Crippen molar-refractivity contribution in [2.75, 3.05) is 32.5 Å². The number of rotatable bonds is 5. The van der Waals surface area contributed by atoms with Gasteiger partial charge in [0.05, 0.1) is 15.7 Å². The third kappa shape index (κ3) is 8.20. The lowest BCUT2D eigenvalue weighted by Gasteiger charge is -2.09. The molecule has 0 aliphatic carbocycles. The van der Waals surface area contributed by atoms with E-state index in [9.17, 15) is 4.79 Å². The van der Waals surface area contributed by atoms with E-state index in [1.165, 1.54) is 6.92 Å². The lowest BCUT2D eigenvalue weighted by Crippen LogP contribution is -2.29. The molecule has 0 unspecified atom stereocenters. The van der Waals surface area contributed by atoms with Gasteiger partial charge < -0.3 is 15.5 Å². The molecule has 0 aliphatic rings. The summed E-state index contributed by atoms with van der Waals surface area (Å²) < 4.78 is 0. The van der Waals surface area contributed by atoms with Crippen LogP contribution in [-0.4, -0.2) is 38.0 Å². The Morgan fingerprint density at radius 2 is 1.58 bits per heavy atom. The monoisotopic (exact) mass is 367 g/mol. The Morgan fingerprint density at radius 1 is 1.00 bits per heavy atom. The molecule has 2 rings (SSSR count). The molecule has 2 aromatic carbocycles. The van der Waals surface area contributed by atoms with Gasteiger partial charge in [0.1, 0.15) is 0 Å². The van der Waals surface area contributed by atoms with Crippen LogP contribution < -0.4 is 10.6 Å². The molecule has 1 amide bonds. The molecule has 6 heteroatoms. The van der Waals surface area contributed by atoms with Crippen molar-refractivity contribution in [1.82, 2.24) is 10.2 Å². The zero-order valence-corrected chi connectivity index (χ0v) is 15.7. The van der Waals surface area contributed by atoms with E-state index in [4.69, 9.17) is 23.2 Å². The van der Waals surface area contributed by atoms with Gasteiger partial charge in [-0.15, -0.1) is 0 Å². The lowest BCUT2D eigenvalue weighted by atomic mass is 10.2. The summed E-state index contributed by atoms with van der Waals surface area (Å²) in [6.45, 7) is 3.16. The van der Waals surface area contributed by atoms with Gasteiger partial charge in [-0.3, -0.25) is 4.79 Å². The molecule has 0 atom stereocenters. The fourth-order valence-electron chi connectivity index (χ4n) is 1.74. The summed E-state index contributed by atoms with van der Waals surface area (Å²) in [5.74, 6) is 0.0388. The fraction of sp³-hybridized carbons (Fsp3) is 0.278. The van der Waals surface area contributed by atoms with Crippen LogP contribution in [0.2, 0.25) is 10.0 Å². The minimum Gasteiger partial charge on any atom is -0.355 e. The number of hydrogen-bond donors (Lipinski definition) is 2. The minimum atomic E-state index is 0.0388. The van der Waals surface area contributed by atoms with Crippen molar-refractivity contribution in [2.45, 2.75) is 6.92 Å². The van der Waals surface area contributed by atoms with Gasteiger partial charge in [0, 0.05) is 25.7 Å². The van der Waals surface area contributed by atoms with Crippen LogP contribution in [0, 0.1) is 0 Å². The summed E-state index contributed by atoms with van der Waals surface area (Å²) in [7, 11) is 3.95. The highest BCUT2D eigenvalue weighted by Crippen LogP contribution is 2.32. The second kappa shape index (κ2) is 10.9. The molecule has 24 heavy (non-hydrogen) atoms. The number of para-hydroxylation sites is 2. The smallest absolute Gasteiger partial charge is 0.216 e. The van der Waals surface area contributed by atoms with Crippen molar-refractivity contribution in [3.05, 3.63) is 58.6 Å². The van der Waals surface area contributed by atoms with E-state index in [1.54, 1.807) is 12.1 Å². The van der Waals surface area contributed by atoms with Crippen molar-refractivity contribution in [1.29, 1.82) is 0 Å². The highest BCUT2D eigenvalue weighted by molar-refractivity contribution is 6.39. The summed E-state index contributed by atoms with van der Waals surface area (Å²) in [4.78, 5) is 12.3. The zero-order valence-electron chi connectivity index (χ0n) is 14.1. The maximum absolute atomic E-state index is 10.3. The second-order valence-corrected chi connectivity index (χ2v) is 6.19. The van der Waals surface area contributed by atoms with Gasteiger partial charge in [0.2, 0.25) is 5.91 Å². The Hall–Kier alpha value is -1.75. The number of carbonyl (C=O) groups excluding carboxylic acids is 1. The van der Waals surface area contributed by atoms with Crippen LogP contribution in [0.25, 0.3) is 0 Å². The summed E-state index contributed by atoms with van der Waals surface area (Å²) >= 11 is 12.1. The summed E-state index contributed by atoms with van der Waals surface area (Å²) in [6, 6.07) is 15.2. The Kier molecular flexibility index (Phi) is 9.23. The molecular formula is C18H23Cl2N3O. The molecule has 0 radical (unpaired) electrons. The van der Waals surface area contributed by atoms with Crippen molar-refractivity contribution in [3.8, 4) is 0 Å². The van der Waals surface area contributed by atoms with E-state index in [0.29, 0.717) is 10.0 Å². The molecule has 0 heterocycles. The van der Waals surface area contributed by atoms with Crippen LogP contribution in [0.15, 0.2) is 48.5 Å². The number of anilines is 2. The number of nitrogens with zero attached hydrogens (tertiary/aromatic N) is 1. The van der Waals surface area contributed by atoms with Crippen LogP contribution in [0.4, 0.5) is 11.4 Å². The molecule has 2 aromatic rings. The molecular weight excluding hydrogens is 345 g/mol. The van der Waals surface area contributed by atoms with Gasteiger partial charge in [-0.05, 0) is 38.4 Å². The van der Waals surface area contributed by atoms with Crippen molar-refractivity contribution >= 4 is 40.5 Å². The first-order valence-corrected chi connectivity index (χ1v) is 8.31. The van der Waals surface area contributed by atoms with Crippen molar-refractivity contribution in [2.24, 2.45) is 0 Å². The molecule has 0 saturated heterocycles. The van der Waals surface area contributed by atoms with Crippen LogP contribution >= 0.6 is 23.2 Å². The standard InChI is InChI=1S/C12H9Cl2N.C6H14N2O/c13-10-7-4-8-11(14)12(10)15-9-5-2-1-3-6-9;1-6(9)7-4-5-8(2)3/h1-8,15H;4-5H2,1-3H3,(H,7,9). The largest absolute Gasteiger partial charge is 0.355 e.